The molecule has 2 atom stereocenters. The van der Waals surface area contributed by atoms with Gasteiger partial charge in [-0.3, -0.25) is 0 Å². The first-order valence-electron chi connectivity index (χ1n) is 9.42. The first kappa shape index (κ1) is 19.4. The number of nitrogens with zero attached hydrogens (tertiary/aromatic N) is 4. The molecule has 1 aromatic rings. The first-order valence-corrected chi connectivity index (χ1v) is 10.6. The van der Waals surface area contributed by atoms with Crippen LogP contribution in [0.25, 0.3) is 0 Å². The summed E-state index contributed by atoms with van der Waals surface area (Å²) < 4.78 is 15.8. The molecule has 0 bridgehead atoms. The molecule has 6 nitrogen and oxygen atoms in total. The minimum absolute atomic E-state index is 0.222. The molecule has 1 aliphatic carbocycles. The molecule has 0 amide bonds. The molecule has 1 saturated carbocycles. The molecular weight excluding hydrogens is 346 g/mol. The van der Waals surface area contributed by atoms with Crippen LogP contribution < -0.4 is 9.62 Å². The average molecular weight is 376 g/mol. The van der Waals surface area contributed by atoms with Crippen molar-refractivity contribution in [3.8, 4) is 6.07 Å². The lowest BCUT2D eigenvalue weighted by molar-refractivity contribution is 0.186. The van der Waals surface area contributed by atoms with Gasteiger partial charge in [0.25, 0.3) is 0 Å². The molecule has 0 unspecified atom stereocenters. The highest BCUT2D eigenvalue weighted by Gasteiger charge is 2.47. The number of aromatic nitrogens is 2. The normalized spacial score (nSPS) is 23.8. The van der Waals surface area contributed by atoms with Crippen molar-refractivity contribution < 1.29 is 4.55 Å². The number of nitriles is 1. The number of aryl methyl sites for hydroxylation is 1. The standard InChI is InChI=1S/C19H29N5OS/c1-14-12-15(13-20)22-17(21-14)24-10-8-19(9-11-24)7-5-6-16(19)23-26(25)18(2,3)4/h12,16,23H,5-11H2,1-4H3/t16-,26-/m1/s1. The van der Waals surface area contributed by atoms with E-state index in [4.69, 9.17) is 5.26 Å². The Bertz CT molecular complexity index is 688. The van der Waals surface area contributed by atoms with Gasteiger partial charge < -0.3 is 9.45 Å². The summed E-state index contributed by atoms with van der Waals surface area (Å²) in [5, 5.41) is 9.14. The summed E-state index contributed by atoms with van der Waals surface area (Å²) in [7, 11) is 0. The maximum atomic E-state index is 12.6. The van der Waals surface area contributed by atoms with Gasteiger partial charge in [-0.15, -0.1) is 4.72 Å². The maximum absolute atomic E-state index is 12.6. The second-order valence-corrected chi connectivity index (χ2v) is 10.6. The average Bonchev–Trinajstić information content (AvgIpc) is 2.96. The monoisotopic (exact) mass is 375 g/mol. The summed E-state index contributed by atoms with van der Waals surface area (Å²) in [5.74, 6) is 0.664. The second kappa shape index (κ2) is 7.34. The van der Waals surface area contributed by atoms with E-state index in [0.29, 0.717) is 17.7 Å². The van der Waals surface area contributed by atoms with Crippen LogP contribution in [0.2, 0.25) is 0 Å². The van der Waals surface area contributed by atoms with E-state index in [0.717, 1.165) is 38.0 Å². The molecule has 26 heavy (non-hydrogen) atoms. The summed E-state index contributed by atoms with van der Waals surface area (Å²) in [6, 6.07) is 4.15. The van der Waals surface area contributed by atoms with E-state index in [-0.39, 0.29) is 10.2 Å². The molecule has 2 heterocycles. The molecule has 0 aromatic carbocycles. The summed E-state index contributed by atoms with van der Waals surface area (Å²) in [4.78, 5) is 11.1. The van der Waals surface area contributed by atoms with Crippen LogP contribution in [0, 0.1) is 23.7 Å². The highest BCUT2D eigenvalue weighted by atomic mass is 32.2. The largest absolute Gasteiger partial charge is 0.598 e. The third kappa shape index (κ3) is 3.98. The zero-order chi connectivity index (χ0) is 18.9. The minimum Gasteiger partial charge on any atom is -0.598 e. The highest BCUT2D eigenvalue weighted by molar-refractivity contribution is 7.90. The van der Waals surface area contributed by atoms with Crippen molar-refractivity contribution in [2.75, 3.05) is 18.0 Å². The Labute approximate surface area is 159 Å². The van der Waals surface area contributed by atoms with E-state index in [1.54, 1.807) is 6.07 Å². The number of nitrogens with one attached hydrogen (secondary N) is 1. The van der Waals surface area contributed by atoms with E-state index in [2.05, 4.69) is 25.7 Å². The molecule has 0 radical (unpaired) electrons. The van der Waals surface area contributed by atoms with Gasteiger partial charge in [-0.25, -0.2) is 9.97 Å². The summed E-state index contributed by atoms with van der Waals surface area (Å²) in [5.41, 5.74) is 1.47. The van der Waals surface area contributed by atoms with Crippen LogP contribution in [0.1, 0.15) is 64.3 Å². The second-order valence-electron chi connectivity index (χ2n) is 8.60. The molecule has 1 saturated heterocycles. The van der Waals surface area contributed by atoms with Gasteiger partial charge in [-0.2, -0.15) is 5.26 Å². The van der Waals surface area contributed by atoms with Gasteiger partial charge in [-0.1, -0.05) is 6.42 Å². The molecule has 1 aromatic heterocycles. The summed E-state index contributed by atoms with van der Waals surface area (Å²) >= 11 is -1.03. The van der Waals surface area contributed by atoms with E-state index < -0.39 is 11.4 Å². The molecule has 2 aliphatic rings. The smallest absolute Gasteiger partial charge is 0.226 e. The van der Waals surface area contributed by atoms with Crippen LogP contribution in [0.3, 0.4) is 0 Å². The van der Waals surface area contributed by atoms with Gasteiger partial charge in [0.1, 0.15) is 16.5 Å². The lowest BCUT2D eigenvalue weighted by Crippen LogP contribution is -2.53. The number of hydrogen-bond acceptors (Lipinski definition) is 6. The molecule has 3 rings (SSSR count). The van der Waals surface area contributed by atoms with Crippen molar-refractivity contribution in [3.63, 3.8) is 0 Å². The van der Waals surface area contributed by atoms with Gasteiger partial charge >= 0.3 is 0 Å². The van der Waals surface area contributed by atoms with E-state index in [1.165, 1.54) is 12.8 Å². The van der Waals surface area contributed by atoms with Crippen molar-refractivity contribution in [1.29, 1.82) is 5.26 Å². The molecular formula is C19H29N5OS. The quantitative estimate of drug-likeness (QED) is 0.817. The van der Waals surface area contributed by atoms with Crippen molar-refractivity contribution in [1.82, 2.24) is 14.7 Å². The lowest BCUT2D eigenvalue weighted by atomic mass is 9.74. The predicted octanol–water partition coefficient (Wildman–Crippen LogP) is 2.85. The van der Waals surface area contributed by atoms with E-state index in [1.807, 2.05) is 27.7 Å². The molecule has 142 valence electrons. The van der Waals surface area contributed by atoms with Gasteiger partial charge in [0.2, 0.25) is 5.95 Å². The number of rotatable bonds is 3. The number of anilines is 1. The zero-order valence-electron chi connectivity index (χ0n) is 16.2. The SMILES string of the molecule is Cc1cc(C#N)nc(N2CCC3(CCC[C@H]3N[S@+]([O-])C(C)(C)C)CC2)n1. The fraction of sp³-hybridized carbons (Fsp3) is 0.737. The Hall–Kier alpha value is -1.36. The van der Waals surface area contributed by atoms with Crippen molar-refractivity contribution in [2.24, 2.45) is 5.41 Å². The summed E-state index contributed by atoms with van der Waals surface area (Å²) in [6.07, 6.45) is 5.58. The van der Waals surface area contributed by atoms with E-state index in [9.17, 15) is 4.55 Å². The summed E-state index contributed by atoms with van der Waals surface area (Å²) in [6.45, 7) is 9.71. The molecule has 7 heteroatoms. The van der Waals surface area contributed by atoms with Crippen molar-refractivity contribution in [3.05, 3.63) is 17.5 Å². The van der Waals surface area contributed by atoms with Crippen LogP contribution in [0.5, 0.6) is 0 Å². The molecule has 1 N–H and O–H groups in total. The van der Waals surface area contributed by atoms with Crippen molar-refractivity contribution >= 4 is 17.3 Å². The first-order chi connectivity index (χ1) is 12.2. The minimum atomic E-state index is -1.03. The van der Waals surface area contributed by atoms with Crippen LogP contribution in [-0.4, -0.2) is 38.4 Å². The predicted molar refractivity (Wildman–Crippen MR) is 104 cm³/mol. The number of piperidine rings is 1. The Balaban J connectivity index is 1.69. The Morgan fingerprint density at radius 3 is 2.62 bits per heavy atom. The number of hydrogen-bond donors (Lipinski definition) is 1. The van der Waals surface area contributed by atoms with Crippen LogP contribution >= 0.6 is 0 Å². The lowest BCUT2D eigenvalue weighted by Gasteiger charge is -2.43. The van der Waals surface area contributed by atoms with Gasteiger partial charge in [-0.05, 0) is 64.9 Å². The fourth-order valence-corrected chi connectivity index (χ4v) is 5.11. The van der Waals surface area contributed by atoms with Gasteiger partial charge in [0.15, 0.2) is 0 Å². The third-order valence-electron chi connectivity index (χ3n) is 5.71. The Morgan fingerprint density at radius 2 is 2.00 bits per heavy atom. The van der Waals surface area contributed by atoms with Crippen LogP contribution in [0.4, 0.5) is 5.95 Å². The van der Waals surface area contributed by atoms with E-state index >= 15 is 0 Å². The zero-order valence-corrected chi connectivity index (χ0v) is 17.0. The fourth-order valence-electron chi connectivity index (χ4n) is 4.13. The molecule has 2 fully saturated rings. The van der Waals surface area contributed by atoms with Crippen LogP contribution in [-0.2, 0) is 11.4 Å². The molecule has 1 aliphatic heterocycles. The Morgan fingerprint density at radius 1 is 1.31 bits per heavy atom. The maximum Gasteiger partial charge on any atom is 0.226 e. The highest BCUT2D eigenvalue weighted by Crippen LogP contribution is 2.47. The van der Waals surface area contributed by atoms with Gasteiger partial charge in [0.05, 0.1) is 6.04 Å². The van der Waals surface area contributed by atoms with Crippen LogP contribution in [0.15, 0.2) is 6.07 Å². The topological polar surface area (TPSA) is 87.9 Å². The Kier molecular flexibility index (Phi) is 5.48. The van der Waals surface area contributed by atoms with Crippen molar-refractivity contribution in [2.45, 2.75) is 70.6 Å². The third-order valence-corrected chi connectivity index (χ3v) is 7.32. The molecule has 1 spiro atoms. The van der Waals surface area contributed by atoms with Gasteiger partial charge in [0, 0.05) is 30.1 Å².